The van der Waals surface area contributed by atoms with Crippen LogP contribution in [0.5, 0.6) is 5.75 Å². The van der Waals surface area contributed by atoms with E-state index in [1.165, 1.54) is 19.3 Å². The second-order valence-corrected chi connectivity index (χ2v) is 8.22. The Morgan fingerprint density at radius 3 is 2.22 bits per heavy atom. The summed E-state index contributed by atoms with van der Waals surface area (Å²) in [6.07, 6.45) is 5.43. The standard InChI is InChI=1S/C25H41NO6/c1-5-7-8-9-10-15-26(25(29)31-17-6-2)16-18-30-22-13-11-21(12-14-22)19-23(24(27)28)32-20(3)4/h11-14,20,23H,5-10,15-19H2,1-4H3,(H,27,28). The summed E-state index contributed by atoms with van der Waals surface area (Å²) in [5.41, 5.74) is 0.863. The highest BCUT2D eigenvalue weighted by Crippen LogP contribution is 2.15. The average Bonchev–Trinajstić information content (AvgIpc) is 2.76. The van der Waals surface area contributed by atoms with Gasteiger partial charge in [0.2, 0.25) is 0 Å². The second kappa shape index (κ2) is 16.4. The van der Waals surface area contributed by atoms with Gasteiger partial charge in [0.05, 0.1) is 19.3 Å². The van der Waals surface area contributed by atoms with Crippen molar-refractivity contribution in [1.29, 1.82) is 0 Å². The normalized spacial score (nSPS) is 11.9. The lowest BCUT2D eigenvalue weighted by atomic mass is 10.1. The van der Waals surface area contributed by atoms with Crippen LogP contribution in [0.15, 0.2) is 24.3 Å². The summed E-state index contributed by atoms with van der Waals surface area (Å²) in [4.78, 5) is 25.4. The van der Waals surface area contributed by atoms with Crippen LogP contribution in [0.25, 0.3) is 0 Å². The summed E-state index contributed by atoms with van der Waals surface area (Å²) in [5, 5.41) is 9.32. The molecule has 7 heteroatoms. The number of carboxylic acid groups (broad SMARTS) is 1. The van der Waals surface area contributed by atoms with Crippen LogP contribution in [0, 0.1) is 0 Å². The van der Waals surface area contributed by atoms with Gasteiger partial charge in [0, 0.05) is 13.0 Å². The summed E-state index contributed by atoms with van der Waals surface area (Å²) in [7, 11) is 0. The van der Waals surface area contributed by atoms with Gasteiger partial charge in [-0.1, -0.05) is 51.7 Å². The predicted octanol–water partition coefficient (Wildman–Crippen LogP) is 5.31. The molecule has 1 rings (SSSR count). The highest BCUT2D eigenvalue weighted by molar-refractivity contribution is 5.72. The van der Waals surface area contributed by atoms with E-state index in [9.17, 15) is 14.7 Å². The Balaban J connectivity index is 2.53. The molecule has 0 aliphatic rings. The number of aliphatic carboxylic acids is 1. The van der Waals surface area contributed by atoms with Gasteiger partial charge in [-0.3, -0.25) is 0 Å². The Morgan fingerprint density at radius 2 is 1.62 bits per heavy atom. The predicted molar refractivity (Wildman–Crippen MR) is 125 cm³/mol. The SMILES string of the molecule is CCCCCCCN(CCOc1ccc(CC(OC(C)C)C(=O)O)cc1)C(=O)OCCC. The first kappa shape index (κ1) is 27.8. The maximum absolute atomic E-state index is 12.3. The first-order valence-corrected chi connectivity index (χ1v) is 11.9. The van der Waals surface area contributed by atoms with E-state index >= 15 is 0 Å². The molecule has 0 saturated carbocycles. The largest absolute Gasteiger partial charge is 0.492 e. The zero-order valence-electron chi connectivity index (χ0n) is 20.2. The third kappa shape index (κ3) is 11.9. The van der Waals surface area contributed by atoms with Gasteiger partial charge in [-0.25, -0.2) is 9.59 Å². The first-order valence-electron chi connectivity index (χ1n) is 11.9. The van der Waals surface area contributed by atoms with Gasteiger partial charge in [-0.15, -0.1) is 0 Å². The average molecular weight is 452 g/mol. The van der Waals surface area contributed by atoms with Crippen LogP contribution in [0.3, 0.4) is 0 Å². The minimum atomic E-state index is -0.969. The highest BCUT2D eigenvalue weighted by Gasteiger charge is 2.20. The second-order valence-electron chi connectivity index (χ2n) is 8.22. The molecule has 0 heterocycles. The molecule has 0 aliphatic carbocycles. The molecule has 0 radical (unpaired) electrons. The van der Waals surface area contributed by atoms with Crippen LogP contribution in [-0.4, -0.2) is 60.6 Å². The molecule has 0 fully saturated rings. The number of nitrogens with zero attached hydrogens (tertiary/aromatic N) is 1. The molecule has 1 aromatic carbocycles. The van der Waals surface area contributed by atoms with E-state index in [1.54, 1.807) is 4.90 Å². The van der Waals surface area contributed by atoms with Crippen LogP contribution < -0.4 is 4.74 Å². The number of hydrogen-bond donors (Lipinski definition) is 1. The summed E-state index contributed by atoms with van der Waals surface area (Å²) < 4.78 is 16.6. The fourth-order valence-corrected chi connectivity index (χ4v) is 3.21. The molecule has 1 amide bonds. The number of rotatable bonds is 17. The highest BCUT2D eigenvalue weighted by atomic mass is 16.6. The van der Waals surface area contributed by atoms with Crippen molar-refractivity contribution in [1.82, 2.24) is 4.90 Å². The zero-order chi connectivity index (χ0) is 23.8. The smallest absolute Gasteiger partial charge is 0.409 e. The lowest BCUT2D eigenvalue weighted by Crippen LogP contribution is -2.36. The Kier molecular flexibility index (Phi) is 14.2. The van der Waals surface area contributed by atoms with Crippen LogP contribution in [0.1, 0.15) is 71.8 Å². The van der Waals surface area contributed by atoms with Crippen molar-refractivity contribution in [3.05, 3.63) is 29.8 Å². The third-order valence-electron chi connectivity index (χ3n) is 4.91. The fraction of sp³-hybridized carbons (Fsp3) is 0.680. The quantitative estimate of drug-likeness (QED) is 0.323. The number of carbonyl (C=O) groups is 2. The summed E-state index contributed by atoms with van der Waals surface area (Å²) in [5.74, 6) is -0.293. The monoisotopic (exact) mass is 451 g/mol. The van der Waals surface area contributed by atoms with Gasteiger partial charge in [-0.2, -0.15) is 0 Å². The van der Waals surface area contributed by atoms with Gasteiger partial charge in [0.15, 0.2) is 6.10 Å². The number of carbonyl (C=O) groups excluding carboxylic acids is 1. The third-order valence-corrected chi connectivity index (χ3v) is 4.91. The van der Waals surface area contributed by atoms with Crippen molar-refractivity contribution >= 4 is 12.1 Å². The Morgan fingerprint density at radius 1 is 0.938 bits per heavy atom. The summed E-state index contributed by atoms with van der Waals surface area (Å²) >= 11 is 0. The van der Waals surface area contributed by atoms with E-state index in [4.69, 9.17) is 14.2 Å². The van der Waals surface area contributed by atoms with Crippen molar-refractivity contribution in [3.63, 3.8) is 0 Å². The van der Waals surface area contributed by atoms with Crippen molar-refractivity contribution in [2.24, 2.45) is 0 Å². The Labute approximate surface area is 193 Å². The Bertz CT molecular complexity index is 646. The van der Waals surface area contributed by atoms with Gasteiger partial charge in [0.25, 0.3) is 0 Å². The fourth-order valence-electron chi connectivity index (χ4n) is 3.21. The maximum atomic E-state index is 12.3. The molecule has 1 unspecified atom stereocenters. The van der Waals surface area contributed by atoms with Crippen LogP contribution in [0.2, 0.25) is 0 Å². The molecule has 1 atom stereocenters. The number of hydrogen-bond acceptors (Lipinski definition) is 5. The Hall–Kier alpha value is -2.28. The molecule has 32 heavy (non-hydrogen) atoms. The molecule has 7 nitrogen and oxygen atoms in total. The number of amides is 1. The topological polar surface area (TPSA) is 85.3 Å². The van der Waals surface area contributed by atoms with E-state index in [0.29, 0.717) is 38.5 Å². The molecule has 1 aromatic rings. The summed E-state index contributed by atoms with van der Waals surface area (Å²) in [6, 6.07) is 7.31. The molecule has 182 valence electrons. The van der Waals surface area contributed by atoms with Crippen molar-refractivity contribution < 1.29 is 28.9 Å². The molecule has 1 N–H and O–H groups in total. The number of carboxylic acids is 1. The molecule has 0 bridgehead atoms. The maximum Gasteiger partial charge on any atom is 0.409 e. The van der Waals surface area contributed by atoms with Crippen LogP contribution in [0.4, 0.5) is 4.79 Å². The lowest BCUT2D eigenvalue weighted by Gasteiger charge is -2.22. The zero-order valence-corrected chi connectivity index (χ0v) is 20.2. The lowest BCUT2D eigenvalue weighted by molar-refractivity contribution is -0.153. The van der Waals surface area contributed by atoms with E-state index in [-0.39, 0.29) is 12.2 Å². The first-order chi connectivity index (χ1) is 15.4. The molecular formula is C25H41NO6. The number of unbranched alkanes of at least 4 members (excludes halogenated alkanes) is 4. The number of benzene rings is 1. The van der Waals surface area contributed by atoms with Gasteiger partial charge in [0.1, 0.15) is 12.4 Å². The van der Waals surface area contributed by atoms with Crippen LogP contribution >= 0.6 is 0 Å². The van der Waals surface area contributed by atoms with E-state index in [1.807, 2.05) is 45.0 Å². The van der Waals surface area contributed by atoms with Gasteiger partial charge < -0.3 is 24.2 Å². The van der Waals surface area contributed by atoms with E-state index in [2.05, 4.69) is 6.92 Å². The van der Waals surface area contributed by atoms with Crippen molar-refractivity contribution in [2.75, 3.05) is 26.3 Å². The molecule has 0 saturated heterocycles. The minimum Gasteiger partial charge on any atom is -0.492 e. The van der Waals surface area contributed by atoms with Crippen molar-refractivity contribution in [3.8, 4) is 5.75 Å². The van der Waals surface area contributed by atoms with E-state index < -0.39 is 12.1 Å². The number of ether oxygens (including phenoxy) is 3. The molecule has 0 spiro atoms. The minimum absolute atomic E-state index is 0.155. The molecule has 0 aliphatic heterocycles. The van der Waals surface area contributed by atoms with E-state index in [0.717, 1.165) is 24.8 Å². The van der Waals surface area contributed by atoms with Crippen LogP contribution in [-0.2, 0) is 20.7 Å². The summed E-state index contributed by atoms with van der Waals surface area (Å²) in [6.45, 7) is 9.71. The van der Waals surface area contributed by atoms with Gasteiger partial charge in [-0.05, 0) is 44.4 Å². The van der Waals surface area contributed by atoms with Crippen molar-refractivity contribution in [2.45, 2.75) is 84.8 Å². The molecular weight excluding hydrogens is 410 g/mol. The molecule has 0 aromatic heterocycles. The van der Waals surface area contributed by atoms with Gasteiger partial charge >= 0.3 is 12.1 Å².